The smallest absolute Gasteiger partial charge is 0.293 e. The molecule has 0 aliphatic rings. The predicted octanol–water partition coefficient (Wildman–Crippen LogP) is 3.50. The number of aromatic nitrogens is 1. The van der Waals surface area contributed by atoms with Crippen molar-refractivity contribution >= 4 is 22.4 Å². The summed E-state index contributed by atoms with van der Waals surface area (Å²) in [5.41, 5.74) is 0.650. The maximum Gasteiger partial charge on any atom is 0.293 e. The van der Waals surface area contributed by atoms with Crippen molar-refractivity contribution in [1.29, 1.82) is 0 Å². The summed E-state index contributed by atoms with van der Waals surface area (Å²) >= 11 is 1.17. The lowest BCUT2D eigenvalue weighted by Gasteiger charge is -2.01. The highest BCUT2D eigenvalue weighted by Crippen LogP contribution is 2.32. The zero-order valence-electron chi connectivity index (χ0n) is 10.5. The normalized spacial score (nSPS) is 10.5. The number of hydrogen-bond acceptors (Lipinski definition) is 5. The van der Waals surface area contributed by atoms with Crippen molar-refractivity contribution in [2.24, 2.45) is 0 Å². The number of aromatic hydroxyl groups is 1. The summed E-state index contributed by atoms with van der Waals surface area (Å²) < 4.78 is 18.2. The third-order valence-corrected chi connectivity index (χ3v) is 3.46. The second-order valence-corrected chi connectivity index (χ2v) is 4.99. The maximum atomic E-state index is 13.2. The van der Waals surface area contributed by atoms with E-state index in [1.54, 1.807) is 11.4 Å². The Morgan fingerprint density at radius 3 is 3.00 bits per heavy atom. The molecular formula is C14H9FN2O3S. The van der Waals surface area contributed by atoms with Gasteiger partial charge in [-0.2, -0.15) is 0 Å². The van der Waals surface area contributed by atoms with Gasteiger partial charge in [-0.3, -0.25) is 10.1 Å². The van der Waals surface area contributed by atoms with Crippen LogP contribution < -0.4 is 5.32 Å². The predicted molar refractivity (Wildman–Crippen MR) is 75.8 cm³/mol. The zero-order valence-corrected chi connectivity index (χ0v) is 11.4. The number of amides is 1. The third kappa shape index (κ3) is 2.77. The van der Waals surface area contributed by atoms with Crippen molar-refractivity contribution in [2.75, 3.05) is 5.32 Å². The minimum atomic E-state index is -0.475. The molecule has 0 unspecified atom stereocenters. The van der Waals surface area contributed by atoms with Crippen molar-refractivity contribution < 1.29 is 18.7 Å². The van der Waals surface area contributed by atoms with Gasteiger partial charge < -0.3 is 9.52 Å². The number of anilines is 1. The Bertz CT molecular complexity index is 783. The van der Waals surface area contributed by atoms with Crippen LogP contribution >= 0.6 is 11.3 Å². The Labute approximate surface area is 122 Å². The van der Waals surface area contributed by atoms with E-state index in [2.05, 4.69) is 10.3 Å². The van der Waals surface area contributed by atoms with E-state index in [0.717, 1.165) is 6.07 Å². The van der Waals surface area contributed by atoms with Gasteiger partial charge >= 0.3 is 0 Å². The number of carbonyl (C=O) groups is 1. The highest BCUT2D eigenvalue weighted by atomic mass is 32.1. The minimum absolute atomic E-state index is 0.0781. The van der Waals surface area contributed by atoms with Gasteiger partial charge in [0.05, 0.1) is 12.0 Å². The van der Waals surface area contributed by atoms with E-state index in [0.29, 0.717) is 10.8 Å². The molecule has 1 aromatic carbocycles. The molecule has 0 aliphatic heterocycles. The van der Waals surface area contributed by atoms with Crippen LogP contribution in [0.5, 0.6) is 5.75 Å². The largest absolute Gasteiger partial charge is 0.507 e. The molecule has 2 aromatic heterocycles. The number of nitrogens with one attached hydrogen (secondary N) is 1. The first-order valence-electron chi connectivity index (χ1n) is 5.93. The minimum Gasteiger partial charge on any atom is -0.507 e. The summed E-state index contributed by atoms with van der Waals surface area (Å²) in [6.45, 7) is 0. The van der Waals surface area contributed by atoms with Gasteiger partial charge in [-0.25, -0.2) is 9.37 Å². The topological polar surface area (TPSA) is 75.4 Å². The molecule has 0 saturated carbocycles. The SMILES string of the molecule is O=C(Nc1nc(-c2cc(F)ccc2O)cs1)c1ccco1. The van der Waals surface area contributed by atoms with E-state index in [-0.39, 0.29) is 17.1 Å². The molecule has 0 spiro atoms. The fourth-order valence-electron chi connectivity index (χ4n) is 1.73. The van der Waals surface area contributed by atoms with Gasteiger partial charge in [0, 0.05) is 10.9 Å². The van der Waals surface area contributed by atoms with Crippen LogP contribution in [-0.2, 0) is 0 Å². The van der Waals surface area contributed by atoms with Gasteiger partial charge in [-0.05, 0) is 30.3 Å². The van der Waals surface area contributed by atoms with Crippen LogP contribution in [0.4, 0.5) is 9.52 Å². The molecule has 21 heavy (non-hydrogen) atoms. The molecule has 106 valence electrons. The number of halogens is 1. The quantitative estimate of drug-likeness (QED) is 0.776. The molecule has 3 rings (SSSR count). The Morgan fingerprint density at radius 2 is 2.24 bits per heavy atom. The number of phenolic OH excluding ortho intramolecular Hbond substituents is 1. The first-order chi connectivity index (χ1) is 10.1. The van der Waals surface area contributed by atoms with Gasteiger partial charge in [0.15, 0.2) is 10.9 Å². The summed E-state index contributed by atoms with van der Waals surface area (Å²) in [5, 5.41) is 14.2. The first kappa shape index (κ1) is 13.3. The van der Waals surface area contributed by atoms with Crippen LogP contribution in [-0.4, -0.2) is 16.0 Å². The van der Waals surface area contributed by atoms with Crippen molar-refractivity contribution in [3.63, 3.8) is 0 Å². The van der Waals surface area contributed by atoms with Crippen molar-refractivity contribution in [3.8, 4) is 17.0 Å². The number of hydrogen-bond donors (Lipinski definition) is 2. The number of phenols is 1. The molecule has 0 fully saturated rings. The second kappa shape index (κ2) is 5.37. The van der Waals surface area contributed by atoms with Gasteiger partial charge in [-0.15, -0.1) is 11.3 Å². The number of nitrogens with zero attached hydrogens (tertiary/aromatic N) is 1. The molecule has 0 bridgehead atoms. The standard InChI is InChI=1S/C14H9FN2O3S/c15-8-3-4-11(18)9(6-8)10-7-21-14(16-10)17-13(19)12-2-1-5-20-12/h1-7,18H,(H,16,17,19). The van der Waals surface area contributed by atoms with E-state index in [1.165, 1.54) is 35.8 Å². The van der Waals surface area contributed by atoms with Gasteiger partial charge in [0.2, 0.25) is 0 Å². The lowest BCUT2D eigenvalue weighted by Crippen LogP contribution is -2.10. The number of rotatable bonds is 3. The number of thiazole rings is 1. The van der Waals surface area contributed by atoms with Crippen molar-refractivity contribution in [1.82, 2.24) is 4.98 Å². The fraction of sp³-hybridized carbons (Fsp3) is 0. The fourth-order valence-corrected chi connectivity index (χ4v) is 2.44. The summed E-state index contributed by atoms with van der Waals surface area (Å²) in [4.78, 5) is 15.9. The lowest BCUT2D eigenvalue weighted by atomic mass is 10.1. The molecule has 2 N–H and O–H groups in total. The van der Waals surface area contributed by atoms with E-state index in [1.807, 2.05) is 0 Å². The monoisotopic (exact) mass is 304 g/mol. The van der Waals surface area contributed by atoms with Crippen LogP contribution in [0.1, 0.15) is 10.6 Å². The van der Waals surface area contributed by atoms with Gasteiger partial charge in [-0.1, -0.05) is 0 Å². The number of carbonyl (C=O) groups excluding carboxylic acids is 1. The Balaban J connectivity index is 1.83. The molecule has 0 saturated heterocycles. The molecule has 0 aliphatic carbocycles. The van der Waals surface area contributed by atoms with Crippen molar-refractivity contribution in [2.45, 2.75) is 0 Å². The lowest BCUT2D eigenvalue weighted by molar-refractivity contribution is 0.0996. The highest BCUT2D eigenvalue weighted by Gasteiger charge is 2.14. The maximum absolute atomic E-state index is 13.2. The summed E-state index contributed by atoms with van der Waals surface area (Å²) in [6, 6.07) is 6.73. The molecular weight excluding hydrogens is 295 g/mol. The van der Waals surface area contributed by atoms with Crippen LogP contribution in [0.15, 0.2) is 46.4 Å². The number of benzene rings is 1. The van der Waals surface area contributed by atoms with Crippen LogP contribution in [0, 0.1) is 5.82 Å². The van der Waals surface area contributed by atoms with Gasteiger partial charge in [0.25, 0.3) is 5.91 Å². The van der Waals surface area contributed by atoms with Crippen molar-refractivity contribution in [3.05, 3.63) is 53.6 Å². The average molecular weight is 304 g/mol. The van der Waals surface area contributed by atoms with Crippen LogP contribution in [0.25, 0.3) is 11.3 Å². The Hall–Kier alpha value is -2.67. The summed E-state index contributed by atoms with van der Waals surface area (Å²) in [5.74, 6) is -0.813. The van der Waals surface area contributed by atoms with E-state index < -0.39 is 11.7 Å². The first-order valence-corrected chi connectivity index (χ1v) is 6.81. The molecule has 0 radical (unpaired) electrons. The Morgan fingerprint density at radius 1 is 1.38 bits per heavy atom. The van der Waals surface area contributed by atoms with E-state index in [4.69, 9.17) is 4.42 Å². The second-order valence-electron chi connectivity index (χ2n) is 4.13. The molecule has 7 heteroatoms. The highest BCUT2D eigenvalue weighted by molar-refractivity contribution is 7.14. The van der Waals surface area contributed by atoms with E-state index in [9.17, 15) is 14.3 Å². The Kier molecular flexibility index (Phi) is 3.41. The molecule has 0 atom stereocenters. The van der Waals surface area contributed by atoms with Crippen LogP contribution in [0.2, 0.25) is 0 Å². The third-order valence-electron chi connectivity index (χ3n) is 2.70. The average Bonchev–Trinajstić information content (AvgIpc) is 3.12. The van der Waals surface area contributed by atoms with E-state index >= 15 is 0 Å². The van der Waals surface area contributed by atoms with Gasteiger partial charge in [0.1, 0.15) is 11.6 Å². The summed E-state index contributed by atoms with van der Waals surface area (Å²) in [6.07, 6.45) is 1.40. The zero-order chi connectivity index (χ0) is 14.8. The molecule has 5 nitrogen and oxygen atoms in total. The van der Waals surface area contributed by atoms with Crippen LogP contribution in [0.3, 0.4) is 0 Å². The number of furan rings is 1. The molecule has 3 aromatic rings. The molecule has 1 amide bonds. The molecule has 2 heterocycles. The summed E-state index contributed by atoms with van der Waals surface area (Å²) in [7, 11) is 0.